The van der Waals surface area contributed by atoms with Gasteiger partial charge in [-0.25, -0.2) is 0 Å². The zero-order chi connectivity index (χ0) is 14.6. The first-order valence-corrected chi connectivity index (χ1v) is 6.75. The van der Waals surface area contributed by atoms with Crippen LogP contribution in [0.2, 0.25) is 0 Å². The molecule has 1 atom stereocenters. The molecule has 0 aromatic heterocycles. The van der Waals surface area contributed by atoms with Gasteiger partial charge in [-0.1, -0.05) is 41.5 Å². The Morgan fingerprint density at radius 1 is 1.00 bits per heavy atom. The van der Waals surface area contributed by atoms with E-state index in [4.69, 9.17) is 5.73 Å². The minimum Gasteiger partial charge on any atom is -0.321 e. The van der Waals surface area contributed by atoms with Gasteiger partial charge in [-0.2, -0.15) is 0 Å². The average molecular weight is 255 g/mol. The van der Waals surface area contributed by atoms with E-state index in [1.165, 1.54) is 0 Å². The van der Waals surface area contributed by atoms with Gasteiger partial charge < -0.3 is 5.73 Å². The highest BCUT2D eigenvalue weighted by atomic mass is 16.1. The van der Waals surface area contributed by atoms with Crippen molar-refractivity contribution in [3.05, 3.63) is 0 Å². The van der Waals surface area contributed by atoms with Crippen molar-refractivity contribution in [3.8, 4) is 0 Å². The SMILES string of the molecule is CC(C)(C)CCC(=O)C(N)CCC(=O)C(C)(C)C. The van der Waals surface area contributed by atoms with Gasteiger partial charge in [0.25, 0.3) is 0 Å². The van der Waals surface area contributed by atoms with E-state index >= 15 is 0 Å². The lowest BCUT2D eigenvalue weighted by Gasteiger charge is -2.20. The van der Waals surface area contributed by atoms with Crippen LogP contribution in [0.3, 0.4) is 0 Å². The van der Waals surface area contributed by atoms with Crippen LogP contribution in [-0.2, 0) is 9.59 Å². The number of carbonyl (C=O) groups excluding carboxylic acids is 2. The van der Waals surface area contributed by atoms with Gasteiger partial charge in [0.2, 0.25) is 0 Å². The van der Waals surface area contributed by atoms with Gasteiger partial charge in [0.05, 0.1) is 6.04 Å². The van der Waals surface area contributed by atoms with Gasteiger partial charge in [-0.05, 0) is 18.3 Å². The van der Waals surface area contributed by atoms with E-state index in [0.29, 0.717) is 19.3 Å². The van der Waals surface area contributed by atoms with E-state index in [2.05, 4.69) is 20.8 Å². The Morgan fingerprint density at radius 3 is 1.89 bits per heavy atom. The molecule has 0 rings (SSSR count). The lowest BCUT2D eigenvalue weighted by atomic mass is 9.85. The lowest BCUT2D eigenvalue weighted by molar-refractivity contribution is -0.126. The van der Waals surface area contributed by atoms with Gasteiger partial charge in [0.15, 0.2) is 0 Å². The van der Waals surface area contributed by atoms with Crippen LogP contribution < -0.4 is 5.73 Å². The minimum absolute atomic E-state index is 0.0756. The molecule has 3 nitrogen and oxygen atoms in total. The van der Waals surface area contributed by atoms with E-state index < -0.39 is 6.04 Å². The van der Waals surface area contributed by atoms with Crippen molar-refractivity contribution in [2.24, 2.45) is 16.6 Å². The molecule has 1 unspecified atom stereocenters. The molecule has 2 N–H and O–H groups in total. The quantitative estimate of drug-likeness (QED) is 0.793. The first-order chi connectivity index (χ1) is 7.93. The van der Waals surface area contributed by atoms with Crippen LogP contribution in [0.15, 0.2) is 0 Å². The van der Waals surface area contributed by atoms with Gasteiger partial charge in [0, 0.05) is 18.3 Å². The second kappa shape index (κ2) is 6.46. The Labute approximate surface area is 112 Å². The summed E-state index contributed by atoms with van der Waals surface area (Å²) in [5.74, 6) is 0.244. The molecule has 3 heteroatoms. The summed E-state index contributed by atoms with van der Waals surface area (Å²) >= 11 is 0. The van der Waals surface area contributed by atoms with Crippen molar-refractivity contribution in [1.82, 2.24) is 0 Å². The number of ketones is 2. The van der Waals surface area contributed by atoms with Gasteiger partial charge in [0.1, 0.15) is 11.6 Å². The summed E-state index contributed by atoms with van der Waals surface area (Å²) in [6.07, 6.45) is 2.21. The minimum atomic E-state index is -0.487. The monoisotopic (exact) mass is 255 g/mol. The third-order valence-corrected chi connectivity index (χ3v) is 3.05. The zero-order valence-electron chi connectivity index (χ0n) is 12.8. The summed E-state index contributed by atoms with van der Waals surface area (Å²) < 4.78 is 0. The molecule has 0 aliphatic rings. The Morgan fingerprint density at radius 2 is 1.50 bits per heavy atom. The molecule has 0 saturated heterocycles. The van der Waals surface area contributed by atoms with Crippen LogP contribution in [0.5, 0.6) is 0 Å². The zero-order valence-corrected chi connectivity index (χ0v) is 12.8. The van der Waals surface area contributed by atoms with E-state index in [9.17, 15) is 9.59 Å². The number of carbonyl (C=O) groups is 2. The topological polar surface area (TPSA) is 60.2 Å². The Balaban J connectivity index is 4.07. The molecular formula is C15H29NO2. The first kappa shape index (κ1) is 17.3. The average Bonchev–Trinajstić information content (AvgIpc) is 2.19. The molecule has 0 aliphatic carbocycles. The van der Waals surface area contributed by atoms with E-state index in [1.54, 1.807) is 0 Å². The Bertz CT molecular complexity index is 295. The molecule has 0 aromatic carbocycles. The molecule has 0 saturated carbocycles. The molecule has 0 fully saturated rings. The maximum Gasteiger partial charge on any atom is 0.149 e. The van der Waals surface area contributed by atoms with Gasteiger partial charge in [-0.15, -0.1) is 0 Å². The third-order valence-electron chi connectivity index (χ3n) is 3.05. The molecule has 0 spiro atoms. The molecule has 0 heterocycles. The fraction of sp³-hybridized carbons (Fsp3) is 0.867. The summed E-state index contributed by atoms with van der Waals surface area (Å²) in [6, 6.07) is -0.487. The van der Waals surface area contributed by atoms with Crippen molar-refractivity contribution < 1.29 is 9.59 Å². The fourth-order valence-corrected chi connectivity index (χ4v) is 1.51. The van der Waals surface area contributed by atoms with Crippen LogP contribution in [0.25, 0.3) is 0 Å². The molecule has 106 valence electrons. The van der Waals surface area contributed by atoms with Gasteiger partial charge >= 0.3 is 0 Å². The second-order valence-electron chi connectivity index (χ2n) is 7.35. The normalized spacial score (nSPS) is 14.4. The third kappa shape index (κ3) is 7.59. The smallest absolute Gasteiger partial charge is 0.149 e. The highest BCUT2D eigenvalue weighted by Crippen LogP contribution is 2.22. The van der Waals surface area contributed by atoms with Crippen molar-refractivity contribution in [1.29, 1.82) is 0 Å². The second-order valence-corrected chi connectivity index (χ2v) is 7.35. The van der Waals surface area contributed by atoms with E-state index in [1.807, 2.05) is 20.8 Å². The summed E-state index contributed by atoms with van der Waals surface area (Å²) in [7, 11) is 0. The maximum atomic E-state index is 11.8. The predicted octanol–water partition coefficient (Wildman–Crippen LogP) is 3.10. The molecule has 0 amide bonds. The summed E-state index contributed by atoms with van der Waals surface area (Å²) in [5.41, 5.74) is 5.65. The first-order valence-electron chi connectivity index (χ1n) is 6.75. The van der Waals surface area contributed by atoms with Gasteiger partial charge in [-0.3, -0.25) is 9.59 Å². The predicted molar refractivity (Wildman–Crippen MR) is 75.4 cm³/mol. The van der Waals surface area contributed by atoms with Crippen molar-refractivity contribution in [2.75, 3.05) is 0 Å². The summed E-state index contributed by atoms with van der Waals surface area (Å²) in [6.45, 7) is 12.0. The van der Waals surface area contributed by atoms with Crippen LogP contribution in [0.1, 0.15) is 67.2 Å². The highest BCUT2D eigenvalue weighted by Gasteiger charge is 2.23. The number of nitrogens with two attached hydrogens (primary N) is 1. The number of hydrogen-bond acceptors (Lipinski definition) is 3. The molecular weight excluding hydrogens is 226 g/mol. The summed E-state index contributed by atoms with van der Waals surface area (Å²) in [4.78, 5) is 23.6. The number of hydrogen-bond donors (Lipinski definition) is 1. The molecule has 0 aromatic rings. The fourth-order valence-electron chi connectivity index (χ4n) is 1.51. The lowest BCUT2D eigenvalue weighted by Crippen LogP contribution is -2.33. The van der Waals surface area contributed by atoms with Crippen molar-refractivity contribution in [2.45, 2.75) is 73.3 Å². The highest BCUT2D eigenvalue weighted by molar-refractivity contribution is 5.86. The molecule has 0 aliphatic heterocycles. The largest absolute Gasteiger partial charge is 0.321 e. The standard InChI is InChI=1S/C15H29NO2/c1-14(2,3)10-9-12(17)11(16)7-8-13(18)15(4,5)6/h11H,7-10,16H2,1-6H3. The van der Waals surface area contributed by atoms with Crippen LogP contribution in [0, 0.1) is 10.8 Å². The Hall–Kier alpha value is -0.700. The number of Topliss-reactive ketones (excluding diaryl/α,β-unsaturated/α-hetero) is 2. The van der Waals surface area contributed by atoms with Crippen molar-refractivity contribution >= 4 is 11.6 Å². The maximum absolute atomic E-state index is 11.8. The van der Waals surface area contributed by atoms with Crippen LogP contribution >= 0.6 is 0 Å². The Kier molecular flexibility index (Phi) is 6.21. The van der Waals surface area contributed by atoms with Crippen molar-refractivity contribution in [3.63, 3.8) is 0 Å². The molecule has 18 heavy (non-hydrogen) atoms. The molecule has 0 radical (unpaired) electrons. The van der Waals surface area contributed by atoms with E-state index in [0.717, 1.165) is 6.42 Å². The molecule has 0 bridgehead atoms. The van der Waals surface area contributed by atoms with E-state index in [-0.39, 0.29) is 22.4 Å². The number of rotatable bonds is 6. The van der Waals surface area contributed by atoms with Crippen LogP contribution in [0.4, 0.5) is 0 Å². The van der Waals surface area contributed by atoms with Crippen LogP contribution in [-0.4, -0.2) is 17.6 Å². The summed E-state index contributed by atoms with van der Waals surface area (Å²) in [5, 5.41) is 0.